The highest BCUT2D eigenvalue weighted by molar-refractivity contribution is 7.98. The molecule has 9 heteroatoms. The number of ether oxygens (including phenoxy) is 3. The molecule has 1 aliphatic heterocycles. The number of thioether (sulfide) groups is 1. The number of nitrogens with zero attached hydrogens (tertiary/aromatic N) is 2. The number of carbonyl (C=O) groups is 1. The van der Waals surface area contributed by atoms with Crippen LogP contribution in [0.15, 0.2) is 46.3 Å². The molecule has 0 unspecified atom stereocenters. The summed E-state index contributed by atoms with van der Waals surface area (Å²) in [6, 6.07) is 9.67. The van der Waals surface area contributed by atoms with Crippen molar-refractivity contribution in [3.63, 3.8) is 0 Å². The maximum atomic E-state index is 14.0. The smallest absolute Gasteiger partial charge is 0.325 e. The van der Waals surface area contributed by atoms with E-state index in [9.17, 15) is 14.0 Å². The van der Waals surface area contributed by atoms with E-state index in [2.05, 4.69) is 4.98 Å². The van der Waals surface area contributed by atoms with E-state index in [0.29, 0.717) is 38.7 Å². The van der Waals surface area contributed by atoms with Gasteiger partial charge in [0.25, 0.3) is 5.56 Å². The number of benzene rings is 2. The van der Waals surface area contributed by atoms with Crippen LogP contribution in [0.5, 0.6) is 5.75 Å². The fourth-order valence-electron chi connectivity index (χ4n) is 3.10. The van der Waals surface area contributed by atoms with Crippen molar-refractivity contribution in [3.8, 4) is 5.75 Å². The Morgan fingerprint density at radius 3 is 3.00 bits per heavy atom. The molecule has 0 saturated carbocycles. The van der Waals surface area contributed by atoms with Gasteiger partial charge in [-0.1, -0.05) is 23.9 Å². The molecular weight excluding hydrogens is 399 g/mol. The lowest BCUT2D eigenvalue weighted by Gasteiger charge is -2.21. The molecule has 4 rings (SSSR count). The number of fused-ring (bicyclic) bond motifs is 2. The molecule has 1 aliphatic rings. The molecule has 3 aromatic rings. The highest BCUT2D eigenvalue weighted by Gasteiger charge is 2.19. The van der Waals surface area contributed by atoms with Crippen molar-refractivity contribution in [1.29, 1.82) is 0 Å². The lowest BCUT2D eigenvalue weighted by atomic mass is 10.1. The maximum absolute atomic E-state index is 14.0. The van der Waals surface area contributed by atoms with Gasteiger partial charge in [-0.2, -0.15) is 0 Å². The van der Waals surface area contributed by atoms with Gasteiger partial charge in [-0.3, -0.25) is 14.2 Å². The molecule has 2 aromatic carbocycles. The van der Waals surface area contributed by atoms with Crippen molar-refractivity contribution >= 4 is 28.6 Å². The third-order valence-electron chi connectivity index (χ3n) is 4.45. The molecule has 0 fully saturated rings. The molecule has 0 atom stereocenters. The highest BCUT2D eigenvalue weighted by atomic mass is 32.2. The fraction of sp³-hybridized carbons (Fsp3) is 0.250. The second-order valence-corrected chi connectivity index (χ2v) is 7.27. The average molecular weight is 416 g/mol. The third-order valence-corrected chi connectivity index (χ3v) is 5.48. The second-order valence-electron chi connectivity index (χ2n) is 6.33. The van der Waals surface area contributed by atoms with E-state index in [4.69, 9.17) is 14.2 Å². The number of rotatable bonds is 5. The molecule has 0 N–H and O–H groups in total. The molecule has 0 bridgehead atoms. The van der Waals surface area contributed by atoms with Crippen LogP contribution in [-0.2, 0) is 33.2 Å². The highest BCUT2D eigenvalue weighted by Crippen LogP contribution is 2.33. The van der Waals surface area contributed by atoms with E-state index in [1.54, 1.807) is 24.3 Å². The predicted octanol–water partition coefficient (Wildman–Crippen LogP) is 2.87. The van der Waals surface area contributed by atoms with Crippen LogP contribution in [0.2, 0.25) is 0 Å². The molecule has 0 radical (unpaired) electrons. The minimum atomic E-state index is -0.561. The van der Waals surface area contributed by atoms with Crippen molar-refractivity contribution in [2.24, 2.45) is 0 Å². The van der Waals surface area contributed by atoms with Crippen molar-refractivity contribution in [1.82, 2.24) is 9.55 Å². The monoisotopic (exact) mass is 416 g/mol. The van der Waals surface area contributed by atoms with Crippen LogP contribution in [0.4, 0.5) is 4.39 Å². The minimum absolute atomic E-state index is 0.0948. The van der Waals surface area contributed by atoms with Crippen LogP contribution in [0.1, 0.15) is 11.1 Å². The Balaban J connectivity index is 1.72. The van der Waals surface area contributed by atoms with Gasteiger partial charge in [-0.15, -0.1) is 0 Å². The predicted molar refractivity (Wildman–Crippen MR) is 104 cm³/mol. The quantitative estimate of drug-likeness (QED) is 0.359. The summed E-state index contributed by atoms with van der Waals surface area (Å²) >= 11 is 1.22. The number of para-hydroxylation sites is 1. The topological polar surface area (TPSA) is 79.7 Å². The van der Waals surface area contributed by atoms with Crippen LogP contribution in [-0.4, -0.2) is 29.4 Å². The SMILES string of the molecule is COC(=O)Cn1c(SCc2cc(F)cc3c2OCOC3)nc2ccccc2c1=O. The van der Waals surface area contributed by atoms with E-state index < -0.39 is 11.8 Å². The van der Waals surface area contributed by atoms with Gasteiger partial charge in [0.05, 0.1) is 24.6 Å². The van der Waals surface area contributed by atoms with E-state index in [1.165, 1.54) is 35.6 Å². The number of carbonyl (C=O) groups excluding carboxylic acids is 1. The maximum Gasteiger partial charge on any atom is 0.325 e. The van der Waals surface area contributed by atoms with Gasteiger partial charge < -0.3 is 14.2 Å². The Morgan fingerprint density at radius 2 is 2.17 bits per heavy atom. The van der Waals surface area contributed by atoms with Gasteiger partial charge in [0, 0.05) is 16.9 Å². The van der Waals surface area contributed by atoms with Crippen molar-refractivity contribution in [2.45, 2.75) is 24.1 Å². The van der Waals surface area contributed by atoms with Gasteiger partial charge in [0.1, 0.15) is 18.1 Å². The van der Waals surface area contributed by atoms with Crippen LogP contribution < -0.4 is 10.3 Å². The van der Waals surface area contributed by atoms with Gasteiger partial charge in [0.15, 0.2) is 11.9 Å². The molecule has 29 heavy (non-hydrogen) atoms. The number of methoxy groups -OCH3 is 1. The number of esters is 1. The summed E-state index contributed by atoms with van der Waals surface area (Å²) in [5.74, 6) is -0.0826. The zero-order valence-electron chi connectivity index (χ0n) is 15.5. The molecule has 0 amide bonds. The van der Waals surface area contributed by atoms with E-state index >= 15 is 0 Å². The molecule has 7 nitrogen and oxygen atoms in total. The Labute approximate surface area is 169 Å². The summed E-state index contributed by atoms with van der Waals surface area (Å²) in [7, 11) is 1.26. The lowest BCUT2D eigenvalue weighted by molar-refractivity contribution is -0.141. The van der Waals surface area contributed by atoms with Crippen LogP contribution in [0, 0.1) is 5.82 Å². The minimum Gasteiger partial charge on any atom is -0.468 e. The standard InChI is InChI=1S/C20H17FN2O5S/c1-26-17(24)8-23-19(25)15-4-2-3-5-16(15)22-20(23)29-10-13-7-14(21)6-12-9-27-11-28-18(12)13/h2-7H,8-11H2,1H3. The summed E-state index contributed by atoms with van der Waals surface area (Å²) in [6.45, 7) is 0.102. The molecule has 2 heterocycles. The first-order chi connectivity index (χ1) is 14.1. The first-order valence-corrected chi connectivity index (χ1v) is 9.76. The molecule has 0 saturated heterocycles. The second kappa shape index (κ2) is 8.22. The summed E-state index contributed by atoms with van der Waals surface area (Å²) in [6.07, 6.45) is 0. The molecule has 0 aliphatic carbocycles. The van der Waals surface area contributed by atoms with E-state index in [1.807, 2.05) is 0 Å². The fourth-order valence-corrected chi connectivity index (χ4v) is 4.06. The summed E-state index contributed by atoms with van der Waals surface area (Å²) in [5.41, 5.74) is 1.44. The summed E-state index contributed by atoms with van der Waals surface area (Å²) in [5, 5.41) is 0.744. The summed E-state index contributed by atoms with van der Waals surface area (Å²) in [4.78, 5) is 29.3. The largest absolute Gasteiger partial charge is 0.468 e. The van der Waals surface area contributed by atoms with Crippen LogP contribution in [0.3, 0.4) is 0 Å². The average Bonchev–Trinajstić information content (AvgIpc) is 2.74. The van der Waals surface area contributed by atoms with Crippen molar-refractivity contribution in [3.05, 3.63) is 63.7 Å². The van der Waals surface area contributed by atoms with E-state index in [0.717, 1.165) is 0 Å². The Bertz CT molecular complexity index is 1150. The van der Waals surface area contributed by atoms with Crippen LogP contribution in [0.25, 0.3) is 10.9 Å². The van der Waals surface area contributed by atoms with Gasteiger partial charge >= 0.3 is 5.97 Å². The first kappa shape index (κ1) is 19.4. The van der Waals surface area contributed by atoms with Gasteiger partial charge in [-0.25, -0.2) is 9.37 Å². The zero-order chi connectivity index (χ0) is 20.4. The lowest BCUT2D eigenvalue weighted by Crippen LogP contribution is -2.27. The number of hydrogen-bond donors (Lipinski definition) is 0. The number of aromatic nitrogens is 2. The molecule has 150 valence electrons. The molecular formula is C20H17FN2O5S. The Morgan fingerprint density at radius 1 is 1.34 bits per heavy atom. The van der Waals surface area contributed by atoms with Crippen molar-refractivity contribution < 1.29 is 23.4 Å². The van der Waals surface area contributed by atoms with E-state index in [-0.39, 0.29) is 25.5 Å². The first-order valence-electron chi connectivity index (χ1n) is 8.78. The van der Waals surface area contributed by atoms with Gasteiger partial charge in [0.2, 0.25) is 0 Å². The van der Waals surface area contributed by atoms with Crippen LogP contribution >= 0.6 is 11.8 Å². The molecule has 0 spiro atoms. The Hall–Kier alpha value is -2.91. The van der Waals surface area contributed by atoms with Gasteiger partial charge in [-0.05, 0) is 24.3 Å². The Kier molecular flexibility index (Phi) is 5.50. The zero-order valence-corrected chi connectivity index (χ0v) is 16.3. The van der Waals surface area contributed by atoms with Crippen molar-refractivity contribution in [2.75, 3.05) is 13.9 Å². The molecule has 1 aromatic heterocycles. The number of hydrogen-bond acceptors (Lipinski definition) is 7. The third kappa shape index (κ3) is 3.96. The normalized spacial score (nSPS) is 13.0. The summed E-state index contributed by atoms with van der Waals surface area (Å²) < 4.78 is 30.7. The number of halogens is 1.